The average molecular weight is 448 g/mol. The molecule has 2 amide bonds. The second kappa shape index (κ2) is 8.96. The number of aromatic amines is 1. The van der Waals surface area contributed by atoms with Crippen molar-refractivity contribution >= 4 is 32.1 Å². The fourth-order valence-corrected chi connectivity index (χ4v) is 5.84. The molecule has 9 nitrogen and oxygen atoms in total. The lowest BCUT2D eigenvalue weighted by Crippen LogP contribution is -2.46. The highest BCUT2D eigenvalue weighted by atomic mass is 32.2. The van der Waals surface area contributed by atoms with Crippen molar-refractivity contribution in [1.29, 1.82) is 0 Å². The molecule has 0 bridgehead atoms. The molecule has 4 rings (SSSR count). The molecular weight excluding hydrogens is 418 g/mol. The maximum atomic E-state index is 12.7. The zero-order chi connectivity index (χ0) is 22.0. The van der Waals surface area contributed by atoms with Crippen LogP contribution in [0.15, 0.2) is 24.4 Å². The van der Waals surface area contributed by atoms with Gasteiger partial charge in [0.05, 0.1) is 11.7 Å². The van der Waals surface area contributed by atoms with Gasteiger partial charge in [-0.05, 0) is 61.6 Å². The highest BCUT2D eigenvalue weighted by Crippen LogP contribution is 2.33. The van der Waals surface area contributed by atoms with Crippen molar-refractivity contribution in [2.75, 3.05) is 26.2 Å². The number of likely N-dealkylation sites (tertiary alicyclic amines) is 1. The summed E-state index contributed by atoms with van der Waals surface area (Å²) >= 11 is 0. The molecule has 0 radical (unpaired) electrons. The molecule has 31 heavy (non-hydrogen) atoms. The molecule has 2 aliphatic rings. The monoisotopic (exact) mass is 447 g/mol. The lowest BCUT2D eigenvalue weighted by atomic mass is 9.79. The summed E-state index contributed by atoms with van der Waals surface area (Å²) in [6.07, 6.45) is 6.37. The zero-order valence-corrected chi connectivity index (χ0v) is 18.3. The Hall–Kier alpha value is -2.46. The highest BCUT2D eigenvalue weighted by molar-refractivity contribution is 8.03. The molecular formula is C21H29N5O4S. The Bertz CT molecular complexity index is 1050. The van der Waals surface area contributed by atoms with E-state index in [-0.39, 0.29) is 5.91 Å². The van der Waals surface area contributed by atoms with Crippen molar-refractivity contribution in [3.8, 4) is 0 Å². The van der Waals surface area contributed by atoms with Gasteiger partial charge >= 0.3 is 5.24 Å². The van der Waals surface area contributed by atoms with E-state index in [0.717, 1.165) is 55.2 Å². The molecule has 3 N–H and O–H groups in total. The first kappa shape index (κ1) is 21.8. The molecule has 0 atom stereocenters. The van der Waals surface area contributed by atoms with E-state index >= 15 is 0 Å². The predicted molar refractivity (Wildman–Crippen MR) is 117 cm³/mol. The van der Waals surface area contributed by atoms with Gasteiger partial charge in [-0.1, -0.05) is 6.07 Å². The minimum Gasteiger partial charge on any atom is -0.355 e. The number of primary amides is 1. The van der Waals surface area contributed by atoms with Crippen LogP contribution in [0.1, 0.15) is 37.7 Å². The number of benzene rings is 1. The normalized spacial score (nSPS) is 19.7. The van der Waals surface area contributed by atoms with Gasteiger partial charge in [-0.25, -0.2) is 8.42 Å². The highest BCUT2D eigenvalue weighted by Gasteiger charge is 2.35. The summed E-state index contributed by atoms with van der Waals surface area (Å²) in [6, 6.07) is 6.10. The first-order chi connectivity index (χ1) is 14.8. The SMILES string of the molecule is NC(=O)S(=O)(=O)N1CCC(C2CCN(C(=O)CCc3ccc4[nH]ncc4c3)CC2)CC1. The molecule has 0 aliphatic carbocycles. The predicted octanol–water partition coefficient (Wildman–Crippen LogP) is 1.85. The third-order valence-corrected chi connectivity index (χ3v) is 8.34. The van der Waals surface area contributed by atoms with Crippen LogP contribution in [0.25, 0.3) is 10.9 Å². The van der Waals surface area contributed by atoms with Crippen molar-refractivity contribution in [1.82, 2.24) is 19.4 Å². The van der Waals surface area contributed by atoms with Crippen LogP contribution >= 0.6 is 0 Å². The number of nitrogens with two attached hydrogens (primary N) is 1. The third kappa shape index (κ3) is 4.74. The van der Waals surface area contributed by atoms with Crippen LogP contribution in [0.4, 0.5) is 4.79 Å². The number of carbonyl (C=O) groups excluding carboxylic acids is 2. The minimum absolute atomic E-state index is 0.188. The molecule has 0 saturated carbocycles. The second-order valence-corrected chi connectivity index (χ2v) is 10.4. The summed E-state index contributed by atoms with van der Waals surface area (Å²) in [5.41, 5.74) is 7.12. The standard InChI is InChI=1S/C21H29N5O4S/c22-21(28)31(29,30)26-11-7-17(8-12-26)16-5-9-25(10-6-16)20(27)4-2-15-1-3-19-18(13-15)14-23-24-19/h1,3,13-14,16-17H,2,4-12H2,(H2,22,28)(H,23,24). The Labute approximate surface area is 182 Å². The number of H-pyrrole nitrogens is 1. The number of sulfonamides is 1. The second-order valence-electron chi connectivity index (χ2n) is 8.57. The van der Waals surface area contributed by atoms with Crippen LogP contribution in [0.2, 0.25) is 0 Å². The summed E-state index contributed by atoms with van der Waals surface area (Å²) < 4.78 is 25.0. The fraction of sp³-hybridized carbons (Fsp3) is 0.571. The number of hydrogen-bond acceptors (Lipinski definition) is 5. The van der Waals surface area contributed by atoms with E-state index in [1.165, 1.54) is 4.31 Å². The van der Waals surface area contributed by atoms with Crippen molar-refractivity contribution in [2.45, 2.75) is 38.5 Å². The van der Waals surface area contributed by atoms with Gasteiger partial charge in [-0.15, -0.1) is 0 Å². The van der Waals surface area contributed by atoms with Gasteiger partial charge in [0, 0.05) is 38.0 Å². The maximum Gasteiger partial charge on any atom is 0.349 e. The molecule has 2 aromatic rings. The van der Waals surface area contributed by atoms with Gasteiger partial charge in [0.2, 0.25) is 5.91 Å². The summed E-state index contributed by atoms with van der Waals surface area (Å²) in [5.74, 6) is 1.11. The van der Waals surface area contributed by atoms with E-state index in [4.69, 9.17) is 5.73 Å². The van der Waals surface area contributed by atoms with Crippen LogP contribution in [-0.2, 0) is 21.2 Å². The van der Waals surface area contributed by atoms with E-state index in [1.54, 1.807) is 6.20 Å². The maximum absolute atomic E-state index is 12.7. The number of nitrogens with one attached hydrogen (secondary N) is 1. The third-order valence-electron chi connectivity index (χ3n) is 6.78. The number of carbonyl (C=O) groups is 2. The average Bonchev–Trinajstić information content (AvgIpc) is 3.25. The summed E-state index contributed by atoms with van der Waals surface area (Å²) in [6.45, 7) is 2.19. The van der Waals surface area contributed by atoms with Crippen LogP contribution in [0.3, 0.4) is 0 Å². The molecule has 0 unspecified atom stereocenters. The Morgan fingerprint density at radius 2 is 1.71 bits per heavy atom. The van der Waals surface area contributed by atoms with Gasteiger partial charge in [-0.3, -0.25) is 14.7 Å². The molecule has 2 aliphatic heterocycles. The molecule has 3 heterocycles. The lowest BCUT2D eigenvalue weighted by molar-refractivity contribution is -0.132. The number of aromatic nitrogens is 2. The first-order valence-electron chi connectivity index (χ1n) is 10.8. The van der Waals surface area contributed by atoms with Gasteiger partial charge in [-0.2, -0.15) is 9.40 Å². The molecule has 0 spiro atoms. The molecule has 168 valence electrons. The Morgan fingerprint density at radius 1 is 1.06 bits per heavy atom. The molecule has 1 aromatic carbocycles. The number of piperidine rings is 2. The van der Waals surface area contributed by atoms with E-state index in [0.29, 0.717) is 37.8 Å². The number of aryl methyl sites for hydroxylation is 1. The minimum atomic E-state index is -4.00. The van der Waals surface area contributed by atoms with Crippen LogP contribution in [0, 0.1) is 11.8 Å². The largest absolute Gasteiger partial charge is 0.355 e. The zero-order valence-electron chi connectivity index (χ0n) is 17.5. The quantitative estimate of drug-likeness (QED) is 0.723. The van der Waals surface area contributed by atoms with E-state index < -0.39 is 15.3 Å². The van der Waals surface area contributed by atoms with Crippen LogP contribution in [0.5, 0.6) is 0 Å². The molecule has 2 saturated heterocycles. The Morgan fingerprint density at radius 3 is 2.35 bits per heavy atom. The van der Waals surface area contributed by atoms with Crippen molar-refractivity contribution < 1.29 is 18.0 Å². The Kier molecular flexibility index (Phi) is 6.29. The smallest absolute Gasteiger partial charge is 0.349 e. The van der Waals surface area contributed by atoms with E-state index in [1.807, 2.05) is 17.0 Å². The number of rotatable bonds is 5. The summed E-state index contributed by atoms with van der Waals surface area (Å²) in [5, 5.41) is 6.74. The number of fused-ring (bicyclic) bond motifs is 1. The summed E-state index contributed by atoms with van der Waals surface area (Å²) in [7, 11) is -4.00. The van der Waals surface area contributed by atoms with Crippen molar-refractivity contribution in [3.63, 3.8) is 0 Å². The van der Waals surface area contributed by atoms with E-state index in [9.17, 15) is 18.0 Å². The van der Waals surface area contributed by atoms with Gasteiger partial charge < -0.3 is 10.6 Å². The van der Waals surface area contributed by atoms with Gasteiger partial charge in [0.1, 0.15) is 0 Å². The summed E-state index contributed by atoms with van der Waals surface area (Å²) in [4.78, 5) is 25.8. The number of amides is 2. The Balaban J connectivity index is 1.22. The molecule has 1 aromatic heterocycles. The van der Waals surface area contributed by atoms with E-state index in [2.05, 4.69) is 16.3 Å². The van der Waals surface area contributed by atoms with Crippen molar-refractivity contribution in [3.05, 3.63) is 30.0 Å². The van der Waals surface area contributed by atoms with Crippen molar-refractivity contribution in [2.24, 2.45) is 17.6 Å². The molecule has 10 heteroatoms. The molecule has 2 fully saturated rings. The lowest BCUT2D eigenvalue weighted by Gasteiger charge is -2.39. The van der Waals surface area contributed by atoms with Gasteiger partial charge in [0.25, 0.3) is 10.0 Å². The van der Waals surface area contributed by atoms with Gasteiger partial charge in [0.15, 0.2) is 0 Å². The number of hydrogen-bond donors (Lipinski definition) is 2. The first-order valence-corrected chi connectivity index (χ1v) is 12.3. The van der Waals surface area contributed by atoms with Crippen LogP contribution < -0.4 is 5.73 Å². The fourth-order valence-electron chi connectivity index (χ4n) is 4.89. The topological polar surface area (TPSA) is 129 Å². The van der Waals surface area contributed by atoms with Crippen LogP contribution in [-0.4, -0.2) is 65.1 Å². The number of nitrogens with zero attached hydrogens (tertiary/aromatic N) is 3.